The van der Waals surface area contributed by atoms with Gasteiger partial charge in [0.1, 0.15) is 23.7 Å². The van der Waals surface area contributed by atoms with Crippen molar-refractivity contribution >= 4 is 5.69 Å². The van der Waals surface area contributed by atoms with Crippen LogP contribution in [0.5, 0.6) is 17.4 Å². The van der Waals surface area contributed by atoms with Crippen LogP contribution >= 0.6 is 0 Å². The second kappa shape index (κ2) is 9.50. The first-order valence-electron chi connectivity index (χ1n) is 10.5. The Hall–Kier alpha value is -3.56. The Morgan fingerprint density at radius 2 is 2.03 bits per heavy atom. The molecule has 4 rings (SSSR count). The number of aromatic nitrogens is 1. The zero-order chi connectivity index (χ0) is 21.6. The van der Waals surface area contributed by atoms with Crippen molar-refractivity contribution in [3.8, 4) is 23.4 Å². The zero-order valence-electron chi connectivity index (χ0n) is 17.5. The van der Waals surface area contributed by atoms with Crippen LogP contribution in [0.25, 0.3) is 0 Å². The van der Waals surface area contributed by atoms with Crippen LogP contribution in [-0.4, -0.2) is 29.3 Å². The highest BCUT2D eigenvalue weighted by atomic mass is 16.5. The van der Waals surface area contributed by atoms with Crippen LogP contribution in [0.1, 0.15) is 30.0 Å². The molecule has 1 fully saturated rings. The first-order chi connectivity index (χ1) is 15.2. The first kappa shape index (κ1) is 20.7. The molecular weight excluding hydrogens is 390 g/mol. The SMILES string of the molecule is CCc1ccccc1Oc1ccc(N2CC[C@H](Oc3ccc(C#N)cn3)C2)c(CO)c1. The molecule has 3 aromatic rings. The molecule has 1 atom stereocenters. The fourth-order valence-electron chi connectivity index (χ4n) is 3.81. The number of hydrogen-bond donors (Lipinski definition) is 1. The lowest BCUT2D eigenvalue weighted by atomic mass is 10.1. The second-order valence-corrected chi connectivity index (χ2v) is 7.48. The summed E-state index contributed by atoms with van der Waals surface area (Å²) in [5.74, 6) is 2.07. The van der Waals surface area contributed by atoms with Crippen LogP contribution < -0.4 is 14.4 Å². The summed E-state index contributed by atoms with van der Waals surface area (Å²) >= 11 is 0. The number of benzene rings is 2. The molecule has 31 heavy (non-hydrogen) atoms. The number of rotatable bonds is 7. The third-order valence-electron chi connectivity index (χ3n) is 5.44. The molecule has 2 aromatic carbocycles. The zero-order valence-corrected chi connectivity index (χ0v) is 17.5. The lowest BCUT2D eigenvalue weighted by molar-refractivity contribution is 0.216. The molecule has 0 unspecified atom stereocenters. The molecule has 0 saturated carbocycles. The van der Waals surface area contributed by atoms with Crippen LogP contribution in [-0.2, 0) is 13.0 Å². The Morgan fingerprint density at radius 1 is 1.16 bits per heavy atom. The van der Waals surface area contributed by atoms with Gasteiger partial charge in [0.2, 0.25) is 5.88 Å². The number of aryl methyl sites for hydroxylation is 1. The van der Waals surface area contributed by atoms with Gasteiger partial charge < -0.3 is 19.5 Å². The number of nitriles is 1. The number of aliphatic hydroxyl groups excluding tert-OH is 1. The highest BCUT2D eigenvalue weighted by molar-refractivity contribution is 5.57. The van der Waals surface area contributed by atoms with Crippen LogP contribution in [0.3, 0.4) is 0 Å². The fraction of sp³-hybridized carbons (Fsp3) is 0.280. The number of ether oxygens (including phenoxy) is 2. The summed E-state index contributed by atoms with van der Waals surface area (Å²) in [6.45, 7) is 3.56. The summed E-state index contributed by atoms with van der Waals surface area (Å²) in [6, 6.07) is 19.3. The normalized spacial score (nSPS) is 15.5. The van der Waals surface area contributed by atoms with Crippen LogP contribution in [0.15, 0.2) is 60.8 Å². The Labute approximate surface area is 182 Å². The highest BCUT2D eigenvalue weighted by Gasteiger charge is 2.26. The second-order valence-electron chi connectivity index (χ2n) is 7.48. The van der Waals surface area contributed by atoms with E-state index >= 15 is 0 Å². The minimum absolute atomic E-state index is 0.000615. The number of para-hydroxylation sites is 1. The van der Waals surface area contributed by atoms with Gasteiger partial charge in [-0.05, 0) is 42.3 Å². The molecule has 0 radical (unpaired) electrons. The average Bonchev–Trinajstić information content (AvgIpc) is 3.28. The largest absolute Gasteiger partial charge is 0.472 e. The van der Waals surface area contributed by atoms with Crippen molar-refractivity contribution in [1.29, 1.82) is 5.26 Å². The van der Waals surface area contributed by atoms with Crippen molar-refractivity contribution in [3.05, 3.63) is 77.5 Å². The molecule has 0 amide bonds. The van der Waals surface area contributed by atoms with Gasteiger partial charge in [-0.1, -0.05) is 25.1 Å². The van der Waals surface area contributed by atoms with E-state index in [1.54, 1.807) is 12.1 Å². The average molecular weight is 415 g/mol. The number of aliphatic hydroxyl groups is 1. The van der Waals surface area contributed by atoms with Gasteiger partial charge in [0.25, 0.3) is 0 Å². The molecule has 158 valence electrons. The molecular formula is C25H25N3O3. The number of anilines is 1. The lowest BCUT2D eigenvalue weighted by Gasteiger charge is -2.22. The smallest absolute Gasteiger partial charge is 0.213 e. The topological polar surface area (TPSA) is 78.6 Å². The molecule has 1 saturated heterocycles. The Kier molecular flexibility index (Phi) is 6.34. The number of pyridine rings is 1. The van der Waals surface area contributed by atoms with Crippen LogP contribution in [0.2, 0.25) is 0 Å². The van der Waals surface area contributed by atoms with E-state index in [4.69, 9.17) is 14.7 Å². The summed E-state index contributed by atoms with van der Waals surface area (Å²) < 4.78 is 12.1. The lowest BCUT2D eigenvalue weighted by Crippen LogP contribution is -2.25. The molecule has 1 aliphatic heterocycles. The fourth-order valence-corrected chi connectivity index (χ4v) is 3.81. The highest BCUT2D eigenvalue weighted by Crippen LogP contribution is 2.32. The van der Waals surface area contributed by atoms with Gasteiger partial charge in [-0.3, -0.25) is 0 Å². The standard InChI is InChI=1S/C25H25N3O3/c1-2-19-5-3-4-6-24(19)30-21-8-9-23(20(13-21)17-29)28-12-11-22(16-28)31-25-10-7-18(14-26)15-27-25/h3-10,13,15,22,29H,2,11-12,16-17H2,1H3/t22-/m0/s1. The summed E-state index contributed by atoms with van der Waals surface area (Å²) in [5, 5.41) is 18.9. The third kappa shape index (κ3) is 4.79. The maximum atomic E-state index is 9.97. The van der Waals surface area contributed by atoms with Crippen molar-refractivity contribution in [1.82, 2.24) is 4.98 Å². The van der Waals surface area contributed by atoms with Gasteiger partial charge in [-0.15, -0.1) is 0 Å². The van der Waals surface area contributed by atoms with Crippen molar-refractivity contribution in [2.45, 2.75) is 32.5 Å². The maximum absolute atomic E-state index is 9.97. The third-order valence-corrected chi connectivity index (χ3v) is 5.44. The predicted octanol–water partition coefficient (Wildman–Crippen LogP) is 4.46. The van der Waals surface area contributed by atoms with E-state index in [0.717, 1.165) is 42.0 Å². The van der Waals surface area contributed by atoms with Gasteiger partial charge in [0, 0.05) is 36.5 Å². The molecule has 0 spiro atoms. The minimum atomic E-state index is -0.0683. The molecule has 6 heteroatoms. The van der Waals surface area contributed by atoms with Gasteiger partial charge in [0.05, 0.1) is 18.7 Å². The molecule has 1 aliphatic rings. The van der Waals surface area contributed by atoms with Crippen LogP contribution in [0.4, 0.5) is 5.69 Å². The minimum Gasteiger partial charge on any atom is -0.472 e. The quantitative estimate of drug-likeness (QED) is 0.614. The monoisotopic (exact) mass is 415 g/mol. The van der Waals surface area contributed by atoms with E-state index in [-0.39, 0.29) is 12.7 Å². The first-order valence-corrected chi connectivity index (χ1v) is 10.5. The molecule has 0 bridgehead atoms. The van der Waals surface area contributed by atoms with E-state index in [1.165, 1.54) is 6.20 Å². The van der Waals surface area contributed by atoms with Gasteiger partial charge in [-0.25, -0.2) is 4.98 Å². The van der Waals surface area contributed by atoms with Crippen molar-refractivity contribution < 1.29 is 14.6 Å². The van der Waals surface area contributed by atoms with Crippen molar-refractivity contribution in [2.75, 3.05) is 18.0 Å². The van der Waals surface area contributed by atoms with Gasteiger partial charge in [-0.2, -0.15) is 5.26 Å². The molecule has 1 N–H and O–H groups in total. The van der Waals surface area contributed by atoms with Crippen molar-refractivity contribution in [2.24, 2.45) is 0 Å². The number of hydrogen-bond acceptors (Lipinski definition) is 6. The molecule has 2 heterocycles. The van der Waals surface area contributed by atoms with E-state index < -0.39 is 0 Å². The van der Waals surface area contributed by atoms with E-state index in [9.17, 15) is 5.11 Å². The summed E-state index contributed by atoms with van der Waals surface area (Å²) in [4.78, 5) is 6.40. The van der Waals surface area contributed by atoms with E-state index in [0.29, 0.717) is 23.7 Å². The van der Waals surface area contributed by atoms with Crippen molar-refractivity contribution in [3.63, 3.8) is 0 Å². The molecule has 6 nitrogen and oxygen atoms in total. The molecule has 1 aromatic heterocycles. The van der Waals surface area contributed by atoms with Crippen LogP contribution in [0, 0.1) is 11.3 Å². The predicted molar refractivity (Wildman–Crippen MR) is 118 cm³/mol. The van der Waals surface area contributed by atoms with Gasteiger partial charge >= 0.3 is 0 Å². The van der Waals surface area contributed by atoms with Gasteiger partial charge in [0.15, 0.2) is 0 Å². The molecule has 0 aliphatic carbocycles. The summed E-state index contributed by atoms with van der Waals surface area (Å²) in [6.07, 6.45) is 3.26. The van der Waals surface area contributed by atoms with E-state index in [1.807, 2.05) is 36.4 Å². The Morgan fingerprint density at radius 3 is 2.77 bits per heavy atom. The van der Waals surface area contributed by atoms with E-state index in [2.05, 4.69) is 28.9 Å². The Balaban J connectivity index is 1.45. The Bertz CT molecular complexity index is 1080. The summed E-state index contributed by atoms with van der Waals surface area (Å²) in [5.41, 5.74) is 3.46. The number of nitrogens with zero attached hydrogens (tertiary/aromatic N) is 3. The summed E-state index contributed by atoms with van der Waals surface area (Å²) in [7, 11) is 0. The maximum Gasteiger partial charge on any atom is 0.213 e.